The second kappa shape index (κ2) is 11.0. The van der Waals surface area contributed by atoms with Gasteiger partial charge in [-0.3, -0.25) is 4.90 Å². The maximum atomic E-state index is 5.29. The number of rotatable bonds is 11. The summed E-state index contributed by atoms with van der Waals surface area (Å²) < 4.78 is 5.29. The van der Waals surface area contributed by atoms with Gasteiger partial charge in [-0.25, -0.2) is 0 Å². The Labute approximate surface area is 108 Å². The predicted octanol–water partition coefficient (Wildman–Crippen LogP) is 2.51. The molecule has 0 amide bonds. The van der Waals surface area contributed by atoms with Gasteiger partial charge in [0.25, 0.3) is 0 Å². The molecule has 0 radical (unpaired) electrons. The van der Waals surface area contributed by atoms with Crippen molar-refractivity contribution < 1.29 is 4.74 Å². The summed E-state index contributed by atoms with van der Waals surface area (Å²) in [7, 11) is 0. The van der Waals surface area contributed by atoms with Crippen molar-refractivity contribution in [2.45, 2.75) is 59.5 Å². The van der Waals surface area contributed by atoms with E-state index in [1.807, 2.05) is 6.92 Å². The number of hydrogen-bond donors (Lipinski definition) is 1. The van der Waals surface area contributed by atoms with Crippen LogP contribution in [0.2, 0.25) is 0 Å². The molecule has 0 rings (SSSR count). The molecular formula is C14H32N2O. The summed E-state index contributed by atoms with van der Waals surface area (Å²) in [5, 5.41) is 3.47. The van der Waals surface area contributed by atoms with Gasteiger partial charge in [0.2, 0.25) is 0 Å². The fraction of sp³-hybridized carbons (Fsp3) is 1.00. The van der Waals surface area contributed by atoms with E-state index in [2.05, 4.69) is 37.9 Å². The first kappa shape index (κ1) is 16.9. The van der Waals surface area contributed by atoms with Crippen LogP contribution in [-0.4, -0.2) is 49.8 Å². The highest BCUT2D eigenvalue weighted by Gasteiger charge is 2.11. The van der Waals surface area contributed by atoms with Crippen molar-refractivity contribution >= 4 is 0 Å². The van der Waals surface area contributed by atoms with Gasteiger partial charge in [0, 0.05) is 25.3 Å². The van der Waals surface area contributed by atoms with Gasteiger partial charge in [-0.2, -0.15) is 0 Å². The van der Waals surface area contributed by atoms with Crippen LogP contribution in [0, 0.1) is 0 Å². The quantitative estimate of drug-likeness (QED) is 0.565. The van der Waals surface area contributed by atoms with Gasteiger partial charge in [-0.1, -0.05) is 0 Å². The largest absolute Gasteiger partial charge is 0.382 e. The third-order valence-electron chi connectivity index (χ3n) is 2.94. The predicted molar refractivity (Wildman–Crippen MR) is 75.6 cm³/mol. The molecular weight excluding hydrogens is 212 g/mol. The summed E-state index contributed by atoms with van der Waals surface area (Å²) in [6, 6.07) is 1.29. The van der Waals surface area contributed by atoms with Crippen molar-refractivity contribution in [2.24, 2.45) is 0 Å². The highest BCUT2D eigenvalue weighted by Crippen LogP contribution is 2.05. The lowest BCUT2D eigenvalue weighted by molar-refractivity contribution is 0.144. The Morgan fingerprint density at radius 1 is 1.00 bits per heavy atom. The minimum Gasteiger partial charge on any atom is -0.382 e. The van der Waals surface area contributed by atoms with Crippen molar-refractivity contribution in [1.82, 2.24) is 10.2 Å². The minimum atomic E-state index is 0.646. The zero-order chi connectivity index (χ0) is 13.1. The highest BCUT2D eigenvalue weighted by molar-refractivity contribution is 4.67. The minimum absolute atomic E-state index is 0.646. The Morgan fingerprint density at radius 2 is 1.59 bits per heavy atom. The van der Waals surface area contributed by atoms with Crippen molar-refractivity contribution in [3.05, 3.63) is 0 Å². The normalized spacial score (nSPS) is 12.0. The standard InChI is InChI=1S/C14H32N2O/c1-6-17-12-8-10-15-9-7-11-16(13(2)3)14(4)5/h13-15H,6-12H2,1-5H3. The van der Waals surface area contributed by atoms with Gasteiger partial charge in [-0.05, 0) is 67.1 Å². The molecule has 0 atom stereocenters. The van der Waals surface area contributed by atoms with E-state index in [4.69, 9.17) is 4.74 Å². The molecule has 0 aliphatic rings. The van der Waals surface area contributed by atoms with Crippen molar-refractivity contribution in [3.8, 4) is 0 Å². The molecule has 0 spiro atoms. The van der Waals surface area contributed by atoms with Gasteiger partial charge in [0.15, 0.2) is 0 Å². The lowest BCUT2D eigenvalue weighted by atomic mass is 10.2. The monoisotopic (exact) mass is 244 g/mol. The van der Waals surface area contributed by atoms with Crippen LogP contribution in [-0.2, 0) is 4.74 Å². The third-order valence-corrected chi connectivity index (χ3v) is 2.94. The number of ether oxygens (including phenoxy) is 1. The highest BCUT2D eigenvalue weighted by atomic mass is 16.5. The summed E-state index contributed by atoms with van der Waals surface area (Å²) in [5.41, 5.74) is 0. The molecule has 104 valence electrons. The summed E-state index contributed by atoms with van der Waals surface area (Å²) in [4.78, 5) is 2.54. The molecule has 1 N–H and O–H groups in total. The third kappa shape index (κ3) is 9.57. The van der Waals surface area contributed by atoms with E-state index >= 15 is 0 Å². The Kier molecular flexibility index (Phi) is 10.9. The molecule has 0 fully saturated rings. The molecule has 0 aromatic heterocycles. The average molecular weight is 244 g/mol. The zero-order valence-electron chi connectivity index (χ0n) is 12.5. The summed E-state index contributed by atoms with van der Waals surface area (Å²) >= 11 is 0. The van der Waals surface area contributed by atoms with Gasteiger partial charge in [0.05, 0.1) is 0 Å². The SMILES string of the molecule is CCOCCCNCCCN(C(C)C)C(C)C. The van der Waals surface area contributed by atoms with Crippen molar-refractivity contribution in [1.29, 1.82) is 0 Å². The Bertz CT molecular complexity index is 152. The van der Waals surface area contributed by atoms with Crippen LogP contribution in [0.4, 0.5) is 0 Å². The van der Waals surface area contributed by atoms with Crippen molar-refractivity contribution in [3.63, 3.8) is 0 Å². The average Bonchev–Trinajstić information content (AvgIpc) is 2.26. The lowest BCUT2D eigenvalue weighted by Gasteiger charge is -2.30. The van der Waals surface area contributed by atoms with E-state index in [0.717, 1.165) is 32.7 Å². The van der Waals surface area contributed by atoms with Gasteiger partial charge < -0.3 is 10.1 Å². The molecule has 17 heavy (non-hydrogen) atoms. The first-order chi connectivity index (χ1) is 8.09. The van der Waals surface area contributed by atoms with Gasteiger partial charge >= 0.3 is 0 Å². The van der Waals surface area contributed by atoms with Crippen LogP contribution in [0.3, 0.4) is 0 Å². The van der Waals surface area contributed by atoms with Crippen LogP contribution < -0.4 is 5.32 Å². The molecule has 3 heteroatoms. The Balaban J connectivity index is 3.37. The summed E-state index contributed by atoms with van der Waals surface area (Å²) in [6.45, 7) is 16.2. The van der Waals surface area contributed by atoms with Gasteiger partial charge in [0.1, 0.15) is 0 Å². The topological polar surface area (TPSA) is 24.5 Å². The number of nitrogens with one attached hydrogen (secondary N) is 1. The van der Waals surface area contributed by atoms with Crippen LogP contribution >= 0.6 is 0 Å². The maximum Gasteiger partial charge on any atom is 0.0477 e. The fourth-order valence-electron chi connectivity index (χ4n) is 2.07. The van der Waals surface area contributed by atoms with E-state index in [0.29, 0.717) is 12.1 Å². The maximum absolute atomic E-state index is 5.29. The molecule has 0 aliphatic heterocycles. The summed E-state index contributed by atoms with van der Waals surface area (Å²) in [6.07, 6.45) is 2.34. The Morgan fingerprint density at radius 3 is 2.12 bits per heavy atom. The first-order valence-corrected chi connectivity index (χ1v) is 7.13. The zero-order valence-corrected chi connectivity index (χ0v) is 12.5. The number of hydrogen-bond acceptors (Lipinski definition) is 3. The molecule has 0 saturated heterocycles. The second-order valence-corrected chi connectivity index (χ2v) is 5.08. The Hall–Kier alpha value is -0.120. The van der Waals surface area contributed by atoms with Gasteiger partial charge in [-0.15, -0.1) is 0 Å². The van der Waals surface area contributed by atoms with Crippen LogP contribution in [0.1, 0.15) is 47.5 Å². The first-order valence-electron chi connectivity index (χ1n) is 7.13. The van der Waals surface area contributed by atoms with Crippen molar-refractivity contribution in [2.75, 3.05) is 32.8 Å². The summed E-state index contributed by atoms with van der Waals surface area (Å²) in [5.74, 6) is 0. The van der Waals surface area contributed by atoms with E-state index < -0.39 is 0 Å². The molecule has 0 aromatic carbocycles. The molecule has 0 bridgehead atoms. The molecule has 0 aromatic rings. The molecule has 0 aliphatic carbocycles. The molecule has 0 unspecified atom stereocenters. The van der Waals surface area contributed by atoms with Crippen LogP contribution in [0.5, 0.6) is 0 Å². The lowest BCUT2D eigenvalue weighted by Crippen LogP contribution is -2.38. The van der Waals surface area contributed by atoms with Crippen LogP contribution in [0.15, 0.2) is 0 Å². The van der Waals surface area contributed by atoms with E-state index in [1.165, 1.54) is 13.0 Å². The van der Waals surface area contributed by atoms with Crippen LogP contribution in [0.25, 0.3) is 0 Å². The number of nitrogens with zero attached hydrogens (tertiary/aromatic N) is 1. The smallest absolute Gasteiger partial charge is 0.0477 e. The molecule has 0 heterocycles. The molecule has 3 nitrogen and oxygen atoms in total. The second-order valence-electron chi connectivity index (χ2n) is 5.08. The van der Waals surface area contributed by atoms with E-state index in [9.17, 15) is 0 Å². The van der Waals surface area contributed by atoms with E-state index in [-0.39, 0.29) is 0 Å². The van der Waals surface area contributed by atoms with E-state index in [1.54, 1.807) is 0 Å². The molecule has 0 saturated carbocycles. The fourth-order valence-corrected chi connectivity index (χ4v) is 2.07.